The van der Waals surface area contributed by atoms with E-state index in [0.29, 0.717) is 12.3 Å². The summed E-state index contributed by atoms with van der Waals surface area (Å²) in [6.45, 7) is 10.1. The van der Waals surface area contributed by atoms with Crippen LogP contribution in [0.2, 0.25) is 0 Å². The van der Waals surface area contributed by atoms with Crippen molar-refractivity contribution in [2.75, 3.05) is 0 Å². The van der Waals surface area contributed by atoms with Crippen LogP contribution in [-0.4, -0.2) is 34.3 Å². The Morgan fingerprint density at radius 1 is 1.25 bits per heavy atom. The van der Waals surface area contributed by atoms with Gasteiger partial charge in [0.25, 0.3) is 0 Å². The molecule has 1 heterocycles. The van der Waals surface area contributed by atoms with Crippen molar-refractivity contribution in [2.24, 2.45) is 11.8 Å². The fraction of sp³-hybridized carbons (Fsp3) is 0.875. The Kier molecular flexibility index (Phi) is 4.12. The highest BCUT2D eigenvalue weighted by atomic mass is 16.2. The quantitative estimate of drug-likeness (QED) is 0.844. The van der Waals surface area contributed by atoms with E-state index in [1.54, 1.807) is 0 Å². The molecule has 1 saturated carbocycles. The lowest BCUT2D eigenvalue weighted by Crippen LogP contribution is -2.70. The molecule has 1 saturated heterocycles. The molecule has 114 valence electrons. The SMILES string of the molecule is CCC1C(=O)NC(C)(C)C(=O)N1C1CCC(C)CC1C. The Morgan fingerprint density at radius 2 is 1.90 bits per heavy atom. The fourth-order valence-electron chi connectivity index (χ4n) is 3.86. The molecule has 1 N–H and O–H groups in total. The van der Waals surface area contributed by atoms with E-state index >= 15 is 0 Å². The smallest absolute Gasteiger partial charge is 0.248 e. The van der Waals surface area contributed by atoms with Crippen LogP contribution < -0.4 is 5.32 Å². The predicted octanol–water partition coefficient (Wildman–Crippen LogP) is 2.33. The highest BCUT2D eigenvalue weighted by molar-refractivity contribution is 5.99. The van der Waals surface area contributed by atoms with Crippen LogP contribution in [-0.2, 0) is 9.59 Å². The van der Waals surface area contributed by atoms with Gasteiger partial charge >= 0.3 is 0 Å². The van der Waals surface area contributed by atoms with Crippen LogP contribution in [0.15, 0.2) is 0 Å². The normalized spacial score (nSPS) is 37.8. The van der Waals surface area contributed by atoms with Gasteiger partial charge in [0.05, 0.1) is 0 Å². The van der Waals surface area contributed by atoms with E-state index in [9.17, 15) is 9.59 Å². The summed E-state index contributed by atoms with van der Waals surface area (Å²) < 4.78 is 0. The van der Waals surface area contributed by atoms with E-state index in [0.717, 1.165) is 25.2 Å². The van der Waals surface area contributed by atoms with Crippen LogP contribution in [0.3, 0.4) is 0 Å². The van der Waals surface area contributed by atoms with Gasteiger partial charge in [0.15, 0.2) is 0 Å². The predicted molar refractivity (Wildman–Crippen MR) is 79.1 cm³/mol. The molecule has 4 atom stereocenters. The zero-order chi connectivity index (χ0) is 15.1. The summed E-state index contributed by atoms with van der Waals surface area (Å²) in [5.74, 6) is 1.28. The number of carbonyl (C=O) groups excluding carboxylic acids is 2. The van der Waals surface area contributed by atoms with Gasteiger partial charge in [-0.25, -0.2) is 0 Å². The fourth-order valence-corrected chi connectivity index (χ4v) is 3.86. The Bertz CT molecular complexity index is 405. The Morgan fingerprint density at radius 3 is 2.45 bits per heavy atom. The van der Waals surface area contributed by atoms with E-state index in [1.165, 1.54) is 0 Å². The minimum absolute atomic E-state index is 0.00271. The molecule has 1 aliphatic heterocycles. The average molecular weight is 280 g/mol. The van der Waals surface area contributed by atoms with E-state index in [2.05, 4.69) is 19.2 Å². The lowest BCUT2D eigenvalue weighted by atomic mass is 9.77. The Balaban J connectivity index is 2.29. The van der Waals surface area contributed by atoms with Crippen molar-refractivity contribution in [3.63, 3.8) is 0 Å². The summed E-state index contributed by atoms with van der Waals surface area (Å²) in [5, 5.41) is 2.87. The molecule has 4 heteroatoms. The second kappa shape index (κ2) is 5.38. The molecule has 2 aliphatic rings. The minimum atomic E-state index is -0.772. The molecule has 0 bridgehead atoms. The van der Waals surface area contributed by atoms with Gasteiger partial charge in [-0.3, -0.25) is 9.59 Å². The van der Waals surface area contributed by atoms with Gasteiger partial charge in [0, 0.05) is 6.04 Å². The summed E-state index contributed by atoms with van der Waals surface area (Å²) in [7, 11) is 0. The molecule has 0 aromatic heterocycles. The van der Waals surface area contributed by atoms with Crippen molar-refractivity contribution in [2.45, 2.75) is 77.9 Å². The molecule has 0 aromatic rings. The maximum atomic E-state index is 12.8. The molecule has 0 radical (unpaired) electrons. The molecule has 1 aliphatic carbocycles. The maximum Gasteiger partial charge on any atom is 0.248 e. The van der Waals surface area contributed by atoms with Gasteiger partial charge in [-0.1, -0.05) is 20.8 Å². The molecule has 20 heavy (non-hydrogen) atoms. The Labute approximate surface area is 122 Å². The molecule has 2 rings (SSSR count). The number of rotatable bonds is 2. The van der Waals surface area contributed by atoms with Crippen LogP contribution in [0.5, 0.6) is 0 Å². The Hall–Kier alpha value is -1.06. The number of hydrogen-bond donors (Lipinski definition) is 1. The van der Waals surface area contributed by atoms with Crippen LogP contribution in [0.1, 0.15) is 60.3 Å². The third-order valence-electron chi connectivity index (χ3n) is 4.97. The standard InChI is InChI=1S/C16H28N2O2/c1-6-12-14(19)17-16(4,5)15(20)18(12)13-8-7-10(2)9-11(13)3/h10-13H,6-9H2,1-5H3,(H,17,19). The molecule has 4 unspecified atom stereocenters. The second-order valence-corrected chi connectivity index (χ2v) is 7.21. The molecule has 0 spiro atoms. The summed E-state index contributed by atoms with van der Waals surface area (Å²) >= 11 is 0. The highest BCUT2D eigenvalue weighted by Crippen LogP contribution is 2.35. The first-order valence-electron chi connectivity index (χ1n) is 7.92. The molecular formula is C16H28N2O2. The van der Waals surface area contributed by atoms with Gasteiger partial charge in [-0.15, -0.1) is 0 Å². The largest absolute Gasteiger partial charge is 0.340 e. The third-order valence-corrected chi connectivity index (χ3v) is 4.97. The number of carbonyl (C=O) groups is 2. The zero-order valence-corrected chi connectivity index (χ0v) is 13.4. The first-order chi connectivity index (χ1) is 9.27. The van der Waals surface area contributed by atoms with Crippen molar-refractivity contribution >= 4 is 11.8 Å². The van der Waals surface area contributed by atoms with E-state index in [-0.39, 0.29) is 23.9 Å². The molecule has 0 aromatic carbocycles. The van der Waals surface area contributed by atoms with Crippen LogP contribution in [0.25, 0.3) is 0 Å². The van der Waals surface area contributed by atoms with E-state index in [1.807, 2.05) is 25.7 Å². The zero-order valence-electron chi connectivity index (χ0n) is 13.4. The maximum absolute atomic E-state index is 12.8. The van der Waals surface area contributed by atoms with Gasteiger partial charge in [0.2, 0.25) is 11.8 Å². The molecule has 2 amide bonds. The average Bonchev–Trinajstić information content (AvgIpc) is 2.34. The van der Waals surface area contributed by atoms with Crippen molar-refractivity contribution in [3.8, 4) is 0 Å². The van der Waals surface area contributed by atoms with Gasteiger partial charge in [-0.05, 0) is 51.4 Å². The van der Waals surface area contributed by atoms with Gasteiger partial charge < -0.3 is 10.2 Å². The van der Waals surface area contributed by atoms with E-state index in [4.69, 9.17) is 0 Å². The molecule has 4 nitrogen and oxygen atoms in total. The highest BCUT2D eigenvalue weighted by Gasteiger charge is 2.48. The number of piperazine rings is 1. The number of nitrogens with zero attached hydrogens (tertiary/aromatic N) is 1. The third kappa shape index (κ3) is 2.57. The number of hydrogen-bond acceptors (Lipinski definition) is 2. The number of nitrogens with one attached hydrogen (secondary N) is 1. The summed E-state index contributed by atoms with van der Waals surface area (Å²) in [6.07, 6.45) is 4.00. The first-order valence-corrected chi connectivity index (χ1v) is 7.92. The van der Waals surface area contributed by atoms with Crippen molar-refractivity contribution in [3.05, 3.63) is 0 Å². The number of amides is 2. The molecular weight excluding hydrogens is 252 g/mol. The first kappa shape index (κ1) is 15.3. The van der Waals surface area contributed by atoms with Crippen LogP contribution in [0.4, 0.5) is 0 Å². The van der Waals surface area contributed by atoms with E-state index < -0.39 is 5.54 Å². The van der Waals surface area contributed by atoms with Crippen LogP contribution in [0, 0.1) is 11.8 Å². The van der Waals surface area contributed by atoms with Crippen molar-refractivity contribution in [1.82, 2.24) is 10.2 Å². The monoisotopic (exact) mass is 280 g/mol. The topological polar surface area (TPSA) is 49.4 Å². The second-order valence-electron chi connectivity index (χ2n) is 7.21. The van der Waals surface area contributed by atoms with Gasteiger partial charge in [-0.2, -0.15) is 0 Å². The van der Waals surface area contributed by atoms with Gasteiger partial charge in [0.1, 0.15) is 11.6 Å². The van der Waals surface area contributed by atoms with Crippen molar-refractivity contribution in [1.29, 1.82) is 0 Å². The molecule has 2 fully saturated rings. The summed E-state index contributed by atoms with van der Waals surface area (Å²) in [6, 6.07) is -0.0784. The minimum Gasteiger partial charge on any atom is -0.340 e. The summed E-state index contributed by atoms with van der Waals surface area (Å²) in [5.41, 5.74) is -0.772. The lowest BCUT2D eigenvalue weighted by Gasteiger charge is -2.49. The summed E-state index contributed by atoms with van der Waals surface area (Å²) in [4.78, 5) is 27.0. The lowest BCUT2D eigenvalue weighted by molar-refractivity contribution is -0.159. The van der Waals surface area contributed by atoms with Crippen molar-refractivity contribution < 1.29 is 9.59 Å². The van der Waals surface area contributed by atoms with Crippen LogP contribution >= 0.6 is 0 Å².